The summed E-state index contributed by atoms with van der Waals surface area (Å²) in [6.07, 6.45) is 18.8. The lowest BCUT2D eigenvalue weighted by atomic mass is 10.0. The van der Waals surface area contributed by atoms with Crippen LogP contribution in [0.15, 0.2) is 12.2 Å². The normalized spacial score (nSPS) is 15.8. The third-order valence-electron chi connectivity index (χ3n) is 4.97. The molecule has 9 heteroatoms. The van der Waals surface area contributed by atoms with E-state index in [4.69, 9.17) is 15.7 Å². The molecule has 5 N–H and O–H groups in total. The van der Waals surface area contributed by atoms with E-state index >= 15 is 0 Å². The molecule has 0 fully saturated rings. The van der Waals surface area contributed by atoms with E-state index in [0.717, 1.165) is 6.42 Å². The molecule has 0 radical (unpaired) electrons. The van der Waals surface area contributed by atoms with E-state index in [0.29, 0.717) is 11.0 Å². The first-order chi connectivity index (χ1) is 14.9. The number of likely N-dealkylation sites (N-methyl/N-ethyl adjacent to an activating group) is 1. The van der Waals surface area contributed by atoms with Gasteiger partial charge in [0.05, 0.1) is 39.9 Å². The summed E-state index contributed by atoms with van der Waals surface area (Å²) in [5.41, 5.74) is 5.51. The first kappa shape index (κ1) is 33.9. The molecule has 0 heterocycles. The summed E-state index contributed by atoms with van der Waals surface area (Å²) in [5.74, 6) is 0. The van der Waals surface area contributed by atoms with Gasteiger partial charge in [-0.15, -0.1) is 0 Å². The number of aliphatic hydroxyl groups is 2. The molecular formula is C23H51N2O6P. The Balaban J connectivity index is 0. The van der Waals surface area contributed by atoms with Crippen molar-refractivity contribution in [2.24, 2.45) is 5.73 Å². The number of rotatable bonds is 19. The third-order valence-corrected chi connectivity index (χ3v) is 5.48. The summed E-state index contributed by atoms with van der Waals surface area (Å²) >= 11 is 0. The Morgan fingerprint density at radius 2 is 1.47 bits per heavy atom. The fraction of sp³-hybridized carbons (Fsp3) is 0.913. The van der Waals surface area contributed by atoms with Crippen LogP contribution in [0, 0.1) is 0 Å². The smallest absolute Gasteiger partial charge is 0.265 e. The van der Waals surface area contributed by atoms with Crippen molar-refractivity contribution < 1.29 is 33.6 Å². The monoisotopic (exact) mass is 482 g/mol. The van der Waals surface area contributed by atoms with Gasteiger partial charge in [0.15, 0.2) is 0 Å². The van der Waals surface area contributed by atoms with Gasteiger partial charge in [0.1, 0.15) is 13.2 Å². The number of nitrogens with zero attached hydrogens (tertiary/aromatic N) is 1. The number of hydrogen-bond acceptors (Lipinski definition) is 6. The molecule has 0 spiro atoms. The van der Waals surface area contributed by atoms with E-state index in [1.54, 1.807) is 6.08 Å². The molecule has 32 heavy (non-hydrogen) atoms. The van der Waals surface area contributed by atoms with Gasteiger partial charge in [0.2, 0.25) is 0 Å². The first-order valence-electron chi connectivity index (χ1n) is 12.1. The minimum absolute atomic E-state index is 0.0147. The Bertz CT molecular complexity index is 480. The number of aliphatic hydroxyl groups excluding tert-OH is 2. The molecular weight excluding hydrogens is 431 g/mol. The predicted molar refractivity (Wildman–Crippen MR) is 130 cm³/mol. The van der Waals surface area contributed by atoms with Crippen molar-refractivity contribution in [1.82, 2.24) is 0 Å². The van der Waals surface area contributed by atoms with Gasteiger partial charge in [-0.1, -0.05) is 83.3 Å². The average molecular weight is 483 g/mol. The highest BCUT2D eigenvalue weighted by Crippen LogP contribution is 2.29. The molecule has 0 saturated heterocycles. The zero-order valence-electron chi connectivity index (χ0n) is 21.0. The van der Waals surface area contributed by atoms with Crippen molar-refractivity contribution in [2.45, 2.75) is 96.1 Å². The van der Waals surface area contributed by atoms with Crippen LogP contribution in [0.3, 0.4) is 0 Å². The molecule has 3 atom stereocenters. The summed E-state index contributed by atoms with van der Waals surface area (Å²) in [4.78, 5) is 18.3. The number of unbranched alkanes of at least 4 members (excludes halogenated alkanes) is 11. The fourth-order valence-electron chi connectivity index (χ4n) is 2.84. The quantitative estimate of drug-likeness (QED) is 0.0961. The van der Waals surface area contributed by atoms with Crippen LogP contribution in [0.2, 0.25) is 0 Å². The van der Waals surface area contributed by atoms with Crippen molar-refractivity contribution >= 4 is 7.82 Å². The fourth-order valence-corrected chi connectivity index (χ4v) is 3.16. The summed E-state index contributed by atoms with van der Waals surface area (Å²) in [5, 5.41) is 18.3. The SMILES string of the molecule is CCCCCCCCCCCCC/C=C/[C@@H](O)[C@@H](N)CO.C[N+](C)(C)CCOP(=O)([O-])O. The maximum absolute atomic E-state index is 10.1. The molecule has 1 unspecified atom stereocenters. The van der Waals surface area contributed by atoms with Crippen molar-refractivity contribution in [1.29, 1.82) is 0 Å². The van der Waals surface area contributed by atoms with E-state index in [9.17, 15) is 14.6 Å². The molecule has 0 amide bonds. The standard InChI is InChI=1S/C18H37NO2.C5H14NO4P/c1-2-3-4-5-6-7-8-9-10-11-12-13-14-15-18(21)17(19)16-20;1-6(2,3)4-5-10-11(7,8)9/h14-15,17-18,20-21H,2-13,16,19H2,1H3;4-5H2,1-3H3,(H-,7,8,9)/b15-14+;/t17-,18+;/m0./s1. The third kappa shape index (κ3) is 29.7. The second-order valence-electron chi connectivity index (χ2n) is 9.41. The lowest BCUT2D eigenvalue weighted by molar-refractivity contribution is -0.870. The minimum Gasteiger partial charge on any atom is -0.756 e. The molecule has 0 bridgehead atoms. The van der Waals surface area contributed by atoms with Crippen LogP contribution in [0.4, 0.5) is 0 Å². The molecule has 0 rings (SSSR count). The molecule has 0 aromatic rings. The van der Waals surface area contributed by atoms with Crippen LogP contribution in [0.5, 0.6) is 0 Å². The van der Waals surface area contributed by atoms with Gasteiger partial charge in [0, 0.05) is 0 Å². The molecule has 8 nitrogen and oxygen atoms in total. The topological polar surface area (TPSA) is 136 Å². The summed E-state index contributed by atoms with van der Waals surface area (Å²) in [6.45, 7) is 2.63. The van der Waals surface area contributed by atoms with Crippen LogP contribution in [-0.2, 0) is 9.09 Å². The van der Waals surface area contributed by atoms with Crippen molar-refractivity contribution in [3.05, 3.63) is 12.2 Å². The van der Waals surface area contributed by atoms with Crippen molar-refractivity contribution in [3.63, 3.8) is 0 Å². The average Bonchev–Trinajstić information content (AvgIpc) is 2.69. The minimum atomic E-state index is -4.51. The highest BCUT2D eigenvalue weighted by atomic mass is 31.2. The van der Waals surface area contributed by atoms with Crippen LogP contribution in [0.1, 0.15) is 84.0 Å². The highest BCUT2D eigenvalue weighted by Gasteiger charge is 2.09. The van der Waals surface area contributed by atoms with Gasteiger partial charge < -0.3 is 34.7 Å². The Morgan fingerprint density at radius 1 is 1.00 bits per heavy atom. The Morgan fingerprint density at radius 3 is 1.88 bits per heavy atom. The molecule has 0 aliphatic carbocycles. The maximum atomic E-state index is 10.1. The van der Waals surface area contributed by atoms with Gasteiger partial charge in [-0.2, -0.15) is 0 Å². The number of allylic oxidation sites excluding steroid dienone is 1. The van der Waals surface area contributed by atoms with Crippen LogP contribution in [-0.4, -0.2) is 72.6 Å². The van der Waals surface area contributed by atoms with Gasteiger partial charge >= 0.3 is 0 Å². The molecule has 0 aliphatic rings. The molecule has 194 valence electrons. The van der Waals surface area contributed by atoms with Crippen LogP contribution < -0.4 is 10.6 Å². The number of hydrogen-bond donors (Lipinski definition) is 4. The first-order valence-corrected chi connectivity index (χ1v) is 13.6. The predicted octanol–water partition coefficient (Wildman–Crippen LogP) is 3.09. The molecule has 0 saturated carbocycles. The number of quaternary nitrogens is 1. The van der Waals surface area contributed by atoms with Crippen LogP contribution >= 0.6 is 7.82 Å². The Labute approximate surface area is 196 Å². The Kier molecular flexibility index (Phi) is 22.5. The largest absolute Gasteiger partial charge is 0.756 e. The van der Waals surface area contributed by atoms with E-state index in [2.05, 4.69) is 11.4 Å². The van der Waals surface area contributed by atoms with Gasteiger partial charge in [-0.3, -0.25) is 4.57 Å². The zero-order chi connectivity index (χ0) is 24.9. The highest BCUT2D eigenvalue weighted by molar-refractivity contribution is 7.44. The van der Waals surface area contributed by atoms with Crippen LogP contribution in [0.25, 0.3) is 0 Å². The lowest BCUT2D eigenvalue weighted by Crippen LogP contribution is -2.37. The summed E-state index contributed by atoms with van der Waals surface area (Å²) < 4.78 is 14.8. The maximum Gasteiger partial charge on any atom is 0.265 e. The van der Waals surface area contributed by atoms with Crippen molar-refractivity contribution in [2.75, 3.05) is 40.9 Å². The van der Waals surface area contributed by atoms with Gasteiger partial charge in [0.25, 0.3) is 7.82 Å². The second kappa shape index (κ2) is 21.2. The Hall–Kier alpha value is -0.310. The summed E-state index contributed by atoms with van der Waals surface area (Å²) in [7, 11) is 1.19. The van der Waals surface area contributed by atoms with E-state index < -0.39 is 20.0 Å². The van der Waals surface area contributed by atoms with Gasteiger partial charge in [-0.25, -0.2) is 0 Å². The van der Waals surface area contributed by atoms with E-state index in [1.807, 2.05) is 27.2 Å². The van der Waals surface area contributed by atoms with Crippen molar-refractivity contribution in [3.8, 4) is 0 Å². The second-order valence-corrected chi connectivity index (χ2v) is 10.6. The van der Waals surface area contributed by atoms with E-state index in [-0.39, 0.29) is 13.2 Å². The number of nitrogens with two attached hydrogens (primary N) is 1. The molecule has 0 aliphatic heterocycles. The lowest BCUT2D eigenvalue weighted by Gasteiger charge is -2.25. The number of phosphoric acid groups is 1. The van der Waals surface area contributed by atoms with E-state index in [1.165, 1.54) is 70.6 Å². The molecule has 0 aromatic heterocycles. The molecule has 0 aromatic carbocycles. The van der Waals surface area contributed by atoms with Gasteiger partial charge in [-0.05, 0) is 12.8 Å². The zero-order valence-corrected chi connectivity index (χ0v) is 21.8. The summed E-state index contributed by atoms with van der Waals surface area (Å²) in [6, 6.07) is -0.557. The number of phosphoric ester groups is 1.